The topological polar surface area (TPSA) is 54.9 Å². The van der Waals surface area contributed by atoms with Gasteiger partial charge in [-0.1, -0.05) is 65.3 Å². The quantitative estimate of drug-likeness (QED) is 0.780. The van der Waals surface area contributed by atoms with Gasteiger partial charge in [0, 0.05) is 11.1 Å². The van der Waals surface area contributed by atoms with Crippen LogP contribution < -0.4 is 16.1 Å². The number of nitrogens with one attached hydrogen (secondary N) is 1. The van der Waals surface area contributed by atoms with Crippen LogP contribution in [0.2, 0.25) is 0 Å². The molecule has 0 amide bonds. The summed E-state index contributed by atoms with van der Waals surface area (Å²) in [6.45, 7) is 16.2. The van der Waals surface area contributed by atoms with Crippen molar-refractivity contribution in [3.05, 3.63) is 74.6 Å². The van der Waals surface area contributed by atoms with Gasteiger partial charge in [0.05, 0.1) is 16.3 Å². The van der Waals surface area contributed by atoms with Crippen molar-refractivity contribution in [1.82, 2.24) is 9.78 Å². The molecule has 1 aliphatic carbocycles. The smallest absolute Gasteiger partial charge is 0.279 e. The monoisotopic (exact) mass is 404 g/mol. The van der Waals surface area contributed by atoms with Crippen LogP contribution >= 0.6 is 0 Å². The number of hydrogen-bond acceptors (Lipinski definition) is 2. The first-order valence-corrected chi connectivity index (χ1v) is 10.4. The van der Waals surface area contributed by atoms with Gasteiger partial charge >= 0.3 is 0 Å². The molecule has 1 aromatic heterocycles. The molecule has 1 aromatic carbocycles. The zero-order valence-corrected chi connectivity index (χ0v) is 19.3. The maximum absolute atomic E-state index is 13.5. The summed E-state index contributed by atoms with van der Waals surface area (Å²) in [7, 11) is 0. The lowest BCUT2D eigenvalue weighted by Gasteiger charge is -2.31. The Labute approximate surface area is 178 Å². The Bertz CT molecular complexity index is 1200. The highest BCUT2D eigenvalue weighted by atomic mass is 16.1. The Hall–Kier alpha value is -2.88. The van der Waals surface area contributed by atoms with Crippen molar-refractivity contribution in [2.24, 2.45) is 10.8 Å². The second kappa shape index (κ2) is 7.42. The third-order valence-corrected chi connectivity index (χ3v) is 5.40. The van der Waals surface area contributed by atoms with Gasteiger partial charge in [0.2, 0.25) is 0 Å². The van der Waals surface area contributed by atoms with Crippen molar-refractivity contribution in [3.63, 3.8) is 0 Å². The minimum absolute atomic E-state index is 0.0661. The summed E-state index contributed by atoms with van der Waals surface area (Å²) in [5, 5.41) is 4.68. The van der Waals surface area contributed by atoms with Crippen molar-refractivity contribution < 1.29 is 4.79 Å². The lowest BCUT2D eigenvalue weighted by Crippen LogP contribution is -2.39. The molecule has 2 aromatic rings. The fraction of sp³-hybridized carbons (Fsp3) is 0.385. The Morgan fingerprint density at radius 3 is 1.77 bits per heavy atom. The van der Waals surface area contributed by atoms with Gasteiger partial charge in [0.15, 0.2) is 5.78 Å². The van der Waals surface area contributed by atoms with Gasteiger partial charge < -0.3 is 0 Å². The van der Waals surface area contributed by atoms with E-state index < -0.39 is 0 Å². The predicted molar refractivity (Wildman–Crippen MR) is 124 cm³/mol. The van der Waals surface area contributed by atoms with Gasteiger partial charge in [-0.3, -0.25) is 14.7 Å². The van der Waals surface area contributed by atoms with Crippen LogP contribution in [0.5, 0.6) is 0 Å². The zero-order chi connectivity index (χ0) is 22.4. The van der Waals surface area contributed by atoms with Gasteiger partial charge in [-0.05, 0) is 54.5 Å². The first kappa shape index (κ1) is 21.8. The lowest BCUT2D eigenvalue weighted by atomic mass is 9.72. The van der Waals surface area contributed by atoms with Crippen LogP contribution in [0, 0.1) is 10.8 Å². The number of para-hydroxylation sites is 1. The van der Waals surface area contributed by atoms with Gasteiger partial charge in [0.25, 0.3) is 5.56 Å². The maximum Gasteiger partial charge on any atom is 0.279 e. The van der Waals surface area contributed by atoms with E-state index in [0.29, 0.717) is 5.22 Å². The number of ketones is 1. The largest absolute Gasteiger partial charge is 0.290 e. The van der Waals surface area contributed by atoms with Gasteiger partial charge in [-0.2, -0.15) is 0 Å². The van der Waals surface area contributed by atoms with E-state index in [-0.39, 0.29) is 22.2 Å². The van der Waals surface area contributed by atoms with Crippen molar-refractivity contribution in [3.8, 4) is 5.69 Å². The van der Waals surface area contributed by atoms with E-state index in [0.717, 1.165) is 33.3 Å². The highest BCUT2D eigenvalue weighted by Crippen LogP contribution is 2.38. The Morgan fingerprint density at radius 1 is 0.833 bits per heavy atom. The molecule has 0 spiro atoms. The van der Waals surface area contributed by atoms with Crippen molar-refractivity contribution in [2.45, 2.75) is 55.4 Å². The summed E-state index contributed by atoms with van der Waals surface area (Å²) in [6, 6.07) is 9.55. The van der Waals surface area contributed by atoms with Gasteiger partial charge in [0.1, 0.15) is 0 Å². The molecule has 30 heavy (non-hydrogen) atoms. The molecule has 1 heterocycles. The Morgan fingerprint density at radius 2 is 1.33 bits per heavy atom. The average Bonchev–Trinajstić information content (AvgIpc) is 2.98. The molecule has 1 N–H and O–H groups in total. The molecule has 0 saturated heterocycles. The van der Waals surface area contributed by atoms with Crippen LogP contribution in [0.25, 0.3) is 16.8 Å². The van der Waals surface area contributed by atoms with Crippen LogP contribution in [0.3, 0.4) is 0 Å². The van der Waals surface area contributed by atoms with Crippen LogP contribution in [-0.2, 0) is 4.79 Å². The van der Waals surface area contributed by atoms with Crippen LogP contribution in [0.4, 0.5) is 0 Å². The molecule has 0 radical (unpaired) electrons. The molecular formula is C26H32N2O2. The molecule has 0 atom stereocenters. The third-order valence-electron chi connectivity index (χ3n) is 5.40. The number of carbonyl (C=O) groups excluding carboxylic acids is 1. The van der Waals surface area contributed by atoms with E-state index >= 15 is 0 Å². The number of Topliss-reactive ketones (excluding diaryl/α,β-unsaturated/α-hetero) is 1. The zero-order valence-electron chi connectivity index (χ0n) is 19.3. The standard InChI is InChI=1S/C26H32N2O2/c1-16(2)22-21(24(30)28(27-22)18-12-10-9-11-13-18)17-14-19(25(3,4)5)23(29)20(15-17)26(6,7)8/h9-15,27H,1-8H3. The maximum atomic E-state index is 13.5. The highest BCUT2D eigenvalue weighted by Gasteiger charge is 2.34. The molecule has 158 valence electrons. The minimum Gasteiger partial charge on any atom is -0.290 e. The Kier molecular flexibility index (Phi) is 5.40. The van der Waals surface area contributed by atoms with Crippen LogP contribution in [-0.4, -0.2) is 15.6 Å². The lowest BCUT2D eigenvalue weighted by molar-refractivity contribution is -0.114. The fourth-order valence-corrected chi connectivity index (χ4v) is 3.71. The third kappa shape index (κ3) is 3.91. The predicted octanol–water partition coefficient (Wildman–Crippen LogP) is 4.03. The van der Waals surface area contributed by atoms with E-state index in [1.165, 1.54) is 0 Å². The number of H-pyrrole nitrogens is 1. The van der Waals surface area contributed by atoms with E-state index in [2.05, 4.69) is 5.10 Å². The summed E-state index contributed by atoms with van der Waals surface area (Å²) < 4.78 is 1.58. The van der Waals surface area contributed by atoms with Gasteiger partial charge in [-0.15, -0.1) is 0 Å². The number of carbonyl (C=O) groups is 1. The number of benzene rings is 1. The van der Waals surface area contributed by atoms with E-state index in [4.69, 9.17) is 0 Å². The summed E-state index contributed by atoms with van der Waals surface area (Å²) in [4.78, 5) is 26.8. The number of nitrogens with zero attached hydrogens (tertiary/aromatic N) is 1. The molecule has 4 heteroatoms. The SMILES string of the molecule is CC(C)=c1[nH]n(-c2ccccc2)c(=O)c1=C1C=C(C(C)(C)C)C(=O)C(C(C)(C)C)=C1. The molecule has 0 aliphatic heterocycles. The second-order valence-corrected chi connectivity index (χ2v) is 10.2. The molecule has 4 nitrogen and oxygen atoms in total. The molecule has 0 saturated carbocycles. The summed E-state index contributed by atoms with van der Waals surface area (Å²) in [6.07, 6.45) is 3.81. The number of aromatic amines is 1. The number of hydrogen-bond donors (Lipinski definition) is 1. The second-order valence-electron chi connectivity index (χ2n) is 10.2. The molecule has 3 rings (SSSR count). The first-order valence-electron chi connectivity index (χ1n) is 10.4. The van der Waals surface area contributed by atoms with E-state index in [9.17, 15) is 9.59 Å². The Balaban J connectivity index is 2.51. The summed E-state index contributed by atoms with van der Waals surface area (Å²) >= 11 is 0. The molecule has 0 fully saturated rings. The molecular weight excluding hydrogens is 372 g/mol. The highest BCUT2D eigenvalue weighted by molar-refractivity contribution is 6.14. The van der Waals surface area contributed by atoms with Crippen LogP contribution in [0.15, 0.2) is 58.4 Å². The average molecular weight is 405 g/mol. The summed E-state index contributed by atoms with van der Waals surface area (Å²) in [5.74, 6) is 0.0661. The van der Waals surface area contributed by atoms with Crippen molar-refractivity contribution >= 4 is 16.9 Å². The summed E-state index contributed by atoms with van der Waals surface area (Å²) in [5.41, 5.74) is 3.28. The van der Waals surface area contributed by atoms with E-state index in [1.807, 2.05) is 97.9 Å². The van der Waals surface area contributed by atoms with Crippen molar-refractivity contribution in [2.75, 3.05) is 0 Å². The van der Waals surface area contributed by atoms with Crippen molar-refractivity contribution in [1.29, 1.82) is 0 Å². The molecule has 0 unspecified atom stereocenters. The first-order chi connectivity index (χ1) is 13.8. The molecule has 0 bridgehead atoms. The number of rotatable bonds is 1. The number of aromatic nitrogens is 2. The van der Waals surface area contributed by atoms with E-state index in [1.54, 1.807) is 4.68 Å². The van der Waals surface area contributed by atoms with Crippen LogP contribution in [0.1, 0.15) is 55.4 Å². The fourth-order valence-electron chi connectivity index (χ4n) is 3.71. The normalized spacial score (nSPS) is 15.2. The minimum atomic E-state index is -0.326. The van der Waals surface area contributed by atoms with Gasteiger partial charge in [-0.25, -0.2) is 4.68 Å². The number of allylic oxidation sites excluding steroid dienone is 4. The molecule has 1 aliphatic rings.